The number of nitrogens with two attached hydrogens (primary N) is 1. The molecule has 1 aromatic carbocycles. The minimum Gasteiger partial charge on any atom is -0.409 e. The van der Waals surface area contributed by atoms with Crippen LogP contribution >= 0.6 is 15.9 Å². The van der Waals surface area contributed by atoms with Gasteiger partial charge in [-0.3, -0.25) is 4.79 Å². The van der Waals surface area contributed by atoms with E-state index in [1.54, 1.807) is 12.1 Å². The molecule has 4 N–H and O–H groups in total. The van der Waals surface area contributed by atoms with E-state index in [9.17, 15) is 4.79 Å². The Morgan fingerprint density at radius 1 is 1.38 bits per heavy atom. The van der Waals surface area contributed by atoms with Crippen molar-refractivity contribution in [1.29, 1.82) is 0 Å². The molecule has 5 nitrogen and oxygen atoms in total. The second kappa shape index (κ2) is 5.67. The molecule has 0 saturated heterocycles. The van der Waals surface area contributed by atoms with Gasteiger partial charge in [0.2, 0.25) is 5.91 Å². The molecule has 0 radical (unpaired) electrons. The van der Waals surface area contributed by atoms with Crippen molar-refractivity contribution >= 4 is 33.4 Å². The number of nitrogens with one attached hydrogen (secondary N) is 1. The molecule has 0 aliphatic heterocycles. The highest BCUT2D eigenvalue weighted by Crippen LogP contribution is 2.48. The number of hydrogen-bond donors (Lipinski definition) is 3. The van der Waals surface area contributed by atoms with E-state index in [-0.39, 0.29) is 17.7 Å². The van der Waals surface area contributed by atoms with Gasteiger partial charge in [-0.05, 0) is 49.3 Å². The summed E-state index contributed by atoms with van der Waals surface area (Å²) in [6.45, 7) is 0. The summed E-state index contributed by atoms with van der Waals surface area (Å²) < 4.78 is 0.807. The van der Waals surface area contributed by atoms with Gasteiger partial charge in [0.25, 0.3) is 0 Å². The van der Waals surface area contributed by atoms with E-state index >= 15 is 0 Å². The van der Waals surface area contributed by atoms with Gasteiger partial charge in [-0.2, -0.15) is 0 Å². The fourth-order valence-corrected chi connectivity index (χ4v) is 4.04. The summed E-state index contributed by atoms with van der Waals surface area (Å²) in [5.74, 6) is 1.39. The van der Waals surface area contributed by atoms with Crippen LogP contribution in [0.1, 0.15) is 31.2 Å². The maximum atomic E-state index is 12.5. The third-order valence-corrected chi connectivity index (χ3v) is 5.19. The minimum atomic E-state index is -0.0143. The Morgan fingerprint density at radius 2 is 2.19 bits per heavy atom. The first-order chi connectivity index (χ1) is 10.1. The third kappa shape index (κ3) is 2.77. The molecule has 0 heterocycles. The Labute approximate surface area is 131 Å². The number of carbonyl (C=O) groups is 1. The topological polar surface area (TPSA) is 87.7 Å². The highest BCUT2D eigenvalue weighted by molar-refractivity contribution is 9.10. The Balaban J connectivity index is 1.80. The molecule has 21 heavy (non-hydrogen) atoms. The van der Waals surface area contributed by atoms with E-state index in [2.05, 4.69) is 26.4 Å². The largest absolute Gasteiger partial charge is 0.409 e. The first-order valence-corrected chi connectivity index (χ1v) is 7.96. The highest BCUT2D eigenvalue weighted by atomic mass is 79.9. The monoisotopic (exact) mass is 351 g/mol. The molecule has 6 heteroatoms. The number of halogens is 1. The maximum Gasteiger partial charge on any atom is 0.227 e. The van der Waals surface area contributed by atoms with Crippen LogP contribution in [0.15, 0.2) is 27.8 Å². The van der Waals surface area contributed by atoms with Gasteiger partial charge < -0.3 is 16.3 Å². The van der Waals surface area contributed by atoms with E-state index < -0.39 is 0 Å². The van der Waals surface area contributed by atoms with Gasteiger partial charge in [0.15, 0.2) is 5.84 Å². The van der Waals surface area contributed by atoms with Crippen LogP contribution in [-0.2, 0) is 4.79 Å². The molecular formula is C15H18BrN3O2. The van der Waals surface area contributed by atoms with Crippen LogP contribution in [0.3, 0.4) is 0 Å². The van der Waals surface area contributed by atoms with E-state index in [1.807, 2.05) is 6.07 Å². The number of oxime groups is 1. The molecule has 2 aliphatic rings. The summed E-state index contributed by atoms with van der Waals surface area (Å²) >= 11 is 3.35. The van der Waals surface area contributed by atoms with Crippen molar-refractivity contribution in [1.82, 2.24) is 0 Å². The van der Waals surface area contributed by atoms with E-state index in [1.165, 1.54) is 12.8 Å². The predicted molar refractivity (Wildman–Crippen MR) is 84.2 cm³/mol. The Bertz CT molecular complexity index is 603. The van der Waals surface area contributed by atoms with Crippen molar-refractivity contribution in [3.63, 3.8) is 0 Å². The number of amidine groups is 1. The Kier molecular flexibility index (Phi) is 3.89. The number of benzene rings is 1. The Morgan fingerprint density at radius 3 is 2.81 bits per heavy atom. The number of fused-ring (bicyclic) bond motifs is 2. The van der Waals surface area contributed by atoms with Crippen molar-refractivity contribution in [2.45, 2.75) is 25.7 Å². The molecule has 3 unspecified atom stereocenters. The third-order valence-electron chi connectivity index (χ3n) is 4.70. The van der Waals surface area contributed by atoms with E-state index in [0.29, 0.717) is 17.2 Å². The van der Waals surface area contributed by atoms with Crippen LogP contribution in [0.25, 0.3) is 0 Å². The fraction of sp³-hybridized carbons (Fsp3) is 0.467. The molecule has 3 atom stereocenters. The zero-order valence-corrected chi connectivity index (χ0v) is 13.1. The van der Waals surface area contributed by atoms with Crippen molar-refractivity contribution in [3.8, 4) is 0 Å². The van der Waals surface area contributed by atoms with Gasteiger partial charge in [-0.15, -0.1) is 0 Å². The number of rotatable bonds is 3. The zero-order valence-electron chi connectivity index (χ0n) is 11.6. The molecule has 2 saturated carbocycles. The Hall–Kier alpha value is -1.56. The second-order valence-electron chi connectivity index (χ2n) is 5.95. The molecule has 1 aromatic rings. The molecule has 0 spiro atoms. The van der Waals surface area contributed by atoms with Gasteiger partial charge in [0, 0.05) is 16.0 Å². The summed E-state index contributed by atoms with van der Waals surface area (Å²) in [6.07, 6.45) is 4.61. The summed E-state index contributed by atoms with van der Waals surface area (Å²) in [5.41, 5.74) is 6.78. The van der Waals surface area contributed by atoms with Crippen LogP contribution < -0.4 is 11.1 Å². The molecule has 2 aliphatic carbocycles. The highest BCUT2D eigenvalue weighted by Gasteiger charge is 2.43. The fourth-order valence-electron chi connectivity index (χ4n) is 3.68. The summed E-state index contributed by atoms with van der Waals surface area (Å²) in [4.78, 5) is 12.5. The van der Waals surface area contributed by atoms with Crippen LogP contribution in [0.2, 0.25) is 0 Å². The number of amides is 1. The second-order valence-corrected chi connectivity index (χ2v) is 6.86. The van der Waals surface area contributed by atoms with E-state index in [4.69, 9.17) is 10.9 Å². The first kappa shape index (κ1) is 14.4. The van der Waals surface area contributed by atoms with Crippen LogP contribution in [0.4, 0.5) is 5.69 Å². The van der Waals surface area contributed by atoms with Gasteiger partial charge >= 0.3 is 0 Å². The van der Waals surface area contributed by atoms with Crippen molar-refractivity contribution in [2.24, 2.45) is 28.6 Å². The number of carbonyl (C=O) groups excluding carboxylic acids is 1. The van der Waals surface area contributed by atoms with Gasteiger partial charge in [-0.25, -0.2) is 0 Å². The van der Waals surface area contributed by atoms with Crippen LogP contribution in [0.5, 0.6) is 0 Å². The van der Waals surface area contributed by atoms with Gasteiger partial charge in [0.1, 0.15) is 0 Å². The minimum absolute atomic E-state index is 0.0143. The molecule has 1 amide bonds. The summed E-state index contributed by atoms with van der Waals surface area (Å²) in [6, 6.07) is 5.32. The average Bonchev–Trinajstić information content (AvgIpc) is 3.11. The maximum absolute atomic E-state index is 12.5. The first-order valence-electron chi connectivity index (χ1n) is 7.16. The zero-order chi connectivity index (χ0) is 15.0. The molecule has 0 aromatic heterocycles. The van der Waals surface area contributed by atoms with Gasteiger partial charge in [0.05, 0.1) is 5.69 Å². The average molecular weight is 352 g/mol. The lowest BCUT2D eigenvalue weighted by Crippen LogP contribution is -2.28. The summed E-state index contributed by atoms with van der Waals surface area (Å²) in [7, 11) is 0. The molecule has 2 bridgehead atoms. The van der Waals surface area contributed by atoms with Crippen molar-refractivity contribution in [3.05, 3.63) is 28.2 Å². The lowest BCUT2D eigenvalue weighted by atomic mass is 9.88. The predicted octanol–water partition coefficient (Wildman–Crippen LogP) is 2.92. The van der Waals surface area contributed by atoms with E-state index in [0.717, 1.165) is 23.2 Å². The molecule has 2 fully saturated rings. The quantitative estimate of drug-likeness (QED) is 0.338. The molecule has 112 valence electrons. The smallest absolute Gasteiger partial charge is 0.227 e. The lowest BCUT2D eigenvalue weighted by Gasteiger charge is -2.21. The lowest BCUT2D eigenvalue weighted by molar-refractivity contribution is -0.121. The normalized spacial score (nSPS) is 27.9. The van der Waals surface area contributed by atoms with Crippen molar-refractivity contribution < 1.29 is 10.0 Å². The summed E-state index contributed by atoms with van der Waals surface area (Å²) in [5, 5.41) is 14.8. The SMILES string of the molecule is N/C(=N/O)c1cc(Br)ccc1NC(=O)C1CC2CCC1C2. The number of hydrogen-bond acceptors (Lipinski definition) is 3. The van der Waals surface area contributed by atoms with Crippen LogP contribution in [-0.4, -0.2) is 17.0 Å². The molecule has 3 rings (SSSR count). The number of anilines is 1. The molecular weight excluding hydrogens is 334 g/mol. The van der Waals surface area contributed by atoms with Crippen molar-refractivity contribution in [2.75, 3.05) is 5.32 Å². The standard InChI is InChI=1S/C15H18BrN3O2/c16-10-3-4-13(12(7-10)14(17)19-21)18-15(20)11-6-8-1-2-9(11)5-8/h3-4,7-9,11,21H,1-2,5-6H2,(H2,17,19)(H,18,20). The number of nitrogens with zero attached hydrogens (tertiary/aromatic N) is 1. The van der Waals surface area contributed by atoms with Crippen LogP contribution in [0, 0.1) is 17.8 Å². The van der Waals surface area contributed by atoms with Gasteiger partial charge in [-0.1, -0.05) is 27.5 Å².